The summed E-state index contributed by atoms with van der Waals surface area (Å²) >= 11 is 0. The van der Waals surface area contributed by atoms with E-state index in [4.69, 9.17) is 14.7 Å². The number of hydrogen-bond donors (Lipinski definition) is 2. The average molecular weight is 884 g/mol. The molecule has 1 aliphatic heterocycles. The van der Waals surface area contributed by atoms with Crippen LogP contribution in [0.4, 0.5) is 4.79 Å². The highest BCUT2D eigenvalue weighted by molar-refractivity contribution is 6.00. The van der Waals surface area contributed by atoms with Gasteiger partial charge in [0, 0.05) is 24.3 Å². The molecule has 4 fully saturated rings. The second-order valence-corrected chi connectivity index (χ2v) is 21.6. The van der Waals surface area contributed by atoms with Crippen molar-refractivity contribution in [3.05, 3.63) is 107 Å². The number of imidazole rings is 2. The van der Waals surface area contributed by atoms with Crippen molar-refractivity contribution >= 4 is 39.7 Å². The Bertz CT molecular complexity index is 2850. The SMILES string of the molecule is CCC(=O)CC(=O)C1[C@H]2CCCC[C@H]2C[C@H]1c1nc2cc(-c3cc4ccc3CCc3ccc(c(-c5ccc6[nH]c([C@@H]7C[C@@H]8CCCC[C@@H]8N7C(=O)OC(C)(C)C)nc6c5)c3)CC4)ccc2[nH]1. The second kappa shape index (κ2) is 17.3. The largest absolute Gasteiger partial charge is 0.444 e. The summed E-state index contributed by atoms with van der Waals surface area (Å²) in [6, 6.07) is 27.4. The molecule has 342 valence electrons. The summed E-state index contributed by atoms with van der Waals surface area (Å²) < 4.78 is 5.99. The van der Waals surface area contributed by atoms with E-state index < -0.39 is 5.60 Å². The number of rotatable bonds is 8. The van der Waals surface area contributed by atoms with Crippen molar-refractivity contribution in [2.45, 2.75) is 154 Å². The Labute approximate surface area is 388 Å². The van der Waals surface area contributed by atoms with Gasteiger partial charge in [0.05, 0.1) is 34.5 Å². The van der Waals surface area contributed by atoms with Gasteiger partial charge < -0.3 is 14.7 Å². The summed E-state index contributed by atoms with van der Waals surface area (Å²) in [5.41, 5.74) is 13.4. The van der Waals surface area contributed by atoms with Crippen LogP contribution in [0.2, 0.25) is 0 Å². The smallest absolute Gasteiger partial charge is 0.411 e. The topological polar surface area (TPSA) is 121 Å². The number of nitrogens with one attached hydrogen (secondary N) is 2. The number of likely N-dealkylation sites (tertiary alicyclic amines) is 1. The maximum atomic E-state index is 13.8. The third kappa shape index (κ3) is 8.19. The van der Waals surface area contributed by atoms with Gasteiger partial charge in [0.2, 0.25) is 0 Å². The number of ketones is 2. The summed E-state index contributed by atoms with van der Waals surface area (Å²) in [5.74, 6) is 3.19. The Morgan fingerprint density at radius 2 is 1.27 bits per heavy atom. The number of benzene rings is 4. The average Bonchev–Trinajstić information content (AvgIpc) is 4.11. The number of carbonyl (C=O) groups is 3. The van der Waals surface area contributed by atoms with Gasteiger partial charge >= 0.3 is 6.09 Å². The number of fused-ring (bicyclic) bond motifs is 4. The van der Waals surface area contributed by atoms with Crippen molar-refractivity contribution < 1.29 is 19.1 Å². The van der Waals surface area contributed by atoms with Crippen molar-refractivity contribution in [2.75, 3.05) is 0 Å². The lowest BCUT2D eigenvalue weighted by Crippen LogP contribution is -2.43. The van der Waals surface area contributed by atoms with E-state index in [0.29, 0.717) is 24.2 Å². The number of nitrogens with zero attached hydrogens (tertiary/aromatic N) is 3. The molecule has 8 aliphatic rings. The molecule has 6 aromatic rings. The maximum absolute atomic E-state index is 13.8. The summed E-state index contributed by atoms with van der Waals surface area (Å²) in [6.07, 6.45) is 14.9. The first kappa shape index (κ1) is 43.0. The lowest BCUT2D eigenvalue weighted by Gasteiger charge is -2.34. The number of amides is 1. The fourth-order valence-corrected chi connectivity index (χ4v) is 13.0. The van der Waals surface area contributed by atoms with Gasteiger partial charge in [-0.15, -0.1) is 0 Å². The third-order valence-electron chi connectivity index (χ3n) is 16.3. The fourth-order valence-electron chi connectivity index (χ4n) is 13.0. The normalized spacial score (nSPS) is 25.2. The highest BCUT2D eigenvalue weighted by Gasteiger charge is 2.50. The summed E-state index contributed by atoms with van der Waals surface area (Å²) in [7, 11) is 0. The van der Waals surface area contributed by atoms with Gasteiger partial charge in [0.15, 0.2) is 0 Å². The molecule has 9 heteroatoms. The molecule has 66 heavy (non-hydrogen) atoms. The highest BCUT2D eigenvalue weighted by Crippen LogP contribution is 2.53. The van der Waals surface area contributed by atoms with Gasteiger partial charge in [0.25, 0.3) is 0 Å². The van der Waals surface area contributed by atoms with E-state index in [2.05, 4.69) is 82.8 Å². The van der Waals surface area contributed by atoms with Crippen LogP contribution in [-0.2, 0) is 40.0 Å². The van der Waals surface area contributed by atoms with Crippen LogP contribution in [-0.4, -0.2) is 54.1 Å². The molecular formula is C57H65N5O4. The van der Waals surface area contributed by atoms with Crippen molar-refractivity contribution in [3.8, 4) is 22.3 Å². The van der Waals surface area contributed by atoms with Gasteiger partial charge in [-0.25, -0.2) is 14.8 Å². The first-order chi connectivity index (χ1) is 32.0. The quantitative estimate of drug-likeness (QED) is 0.147. The minimum absolute atomic E-state index is 0.0308. The van der Waals surface area contributed by atoms with Crippen LogP contribution >= 0.6 is 0 Å². The first-order valence-electron chi connectivity index (χ1n) is 25.3. The number of carbonyl (C=O) groups excluding carboxylic acids is 3. The number of hydrogen-bond acceptors (Lipinski definition) is 6. The van der Waals surface area contributed by atoms with Crippen LogP contribution in [0.25, 0.3) is 44.3 Å². The van der Waals surface area contributed by atoms with E-state index in [1.54, 1.807) is 0 Å². The lowest BCUT2D eigenvalue weighted by atomic mass is 9.75. The Morgan fingerprint density at radius 1 is 0.682 bits per heavy atom. The molecule has 9 nitrogen and oxygen atoms in total. The van der Waals surface area contributed by atoms with Crippen molar-refractivity contribution in [2.24, 2.45) is 23.7 Å². The summed E-state index contributed by atoms with van der Waals surface area (Å²) in [5, 5.41) is 0. The Balaban J connectivity index is 0.852. The molecule has 1 unspecified atom stereocenters. The molecule has 0 spiro atoms. The van der Waals surface area contributed by atoms with E-state index in [0.717, 1.165) is 97.9 Å². The van der Waals surface area contributed by atoms with E-state index in [-0.39, 0.29) is 48.0 Å². The summed E-state index contributed by atoms with van der Waals surface area (Å²) in [6.45, 7) is 7.69. The van der Waals surface area contributed by atoms with Gasteiger partial charge in [0.1, 0.15) is 28.8 Å². The van der Waals surface area contributed by atoms with E-state index in [9.17, 15) is 14.4 Å². The molecule has 14 rings (SSSR count). The predicted octanol–water partition coefficient (Wildman–Crippen LogP) is 12.7. The number of ether oxygens (including phenoxy) is 1. The predicted molar refractivity (Wildman–Crippen MR) is 260 cm³/mol. The lowest BCUT2D eigenvalue weighted by molar-refractivity contribution is -0.130. The minimum Gasteiger partial charge on any atom is -0.444 e. The molecule has 2 aromatic heterocycles. The second-order valence-electron chi connectivity index (χ2n) is 21.6. The summed E-state index contributed by atoms with van der Waals surface area (Å²) in [4.78, 5) is 59.8. The highest BCUT2D eigenvalue weighted by atomic mass is 16.6. The Hall–Kier alpha value is -5.57. The van der Waals surface area contributed by atoms with Crippen LogP contribution in [0.3, 0.4) is 0 Å². The molecule has 3 saturated carbocycles. The van der Waals surface area contributed by atoms with E-state index in [1.165, 1.54) is 70.2 Å². The van der Waals surface area contributed by atoms with Gasteiger partial charge in [-0.1, -0.05) is 87.6 Å². The first-order valence-corrected chi connectivity index (χ1v) is 25.3. The molecular weight excluding hydrogens is 819 g/mol. The van der Waals surface area contributed by atoms with Crippen molar-refractivity contribution in [1.29, 1.82) is 0 Å². The Morgan fingerprint density at radius 3 is 1.91 bits per heavy atom. The molecule has 4 aromatic carbocycles. The van der Waals surface area contributed by atoms with Crippen LogP contribution in [0.1, 0.15) is 151 Å². The number of H-pyrrole nitrogens is 2. The van der Waals surface area contributed by atoms with Gasteiger partial charge in [-0.2, -0.15) is 0 Å². The number of Topliss-reactive ketones (excluding diaryl/α,β-unsaturated/α-hetero) is 2. The molecule has 0 radical (unpaired) electrons. The van der Waals surface area contributed by atoms with Gasteiger partial charge in [-0.3, -0.25) is 14.5 Å². The van der Waals surface area contributed by atoms with Crippen LogP contribution in [0.15, 0.2) is 72.8 Å². The fraction of sp³-hybridized carbons (Fsp3) is 0.491. The number of aryl methyl sites for hydroxylation is 4. The van der Waals surface area contributed by atoms with Gasteiger partial charge in [-0.05, 0) is 165 Å². The molecule has 3 heterocycles. The van der Waals surface area contributed by atoms with Crippen LogP contribution in [0, 0.1) is 23.7 Å². The van der Waals surface area contributed by atoms with E-state index in [1.807, 2.05) is 32.6 Å². The van der Waals surface area contributed by atoms with E-state index >= 15 is 0 Å². The number of aromatic nitrogens is 4. The molecule has 4 bridgehead atoms. The maximum Gasteiger partial charge on any atom is 0.411 e. The zero-order valence-corrected chi connectivity index (χ0v) is 39.3. The van der Waals surface area contributed by atoms with Crippen LogP contribution < -0.4 is 0 Å². The molecule has 2 N–H and O–H groups in total. The molecule has 7 aliphatic carbocycles. The van der Waals surface area contributed by atoms with Crippen molar-refractivity contribution in [3.63, 3.8) is 0 Å². The third-order valence-corrected chi connectivity index (χ3v) is 16.3. The number of aromatic amines is 2. The molecule has 7 atom stereocenters. The Kier molecular flexibility index (Phi) is 11.3. The zero-order chi connectivity index (χ0) is 45.3. The minimum atomic E-state index is -0.559. The molecule has 1 amide bonds. The monoisotopic (exact) mass is 884 g/mol. The van der Waals surface area contributed by atoms with Crippen molar-refractivity contribution in [1.82, 2.24) is 24.8 Å². The standard InChI is InChI=1S/C57H65N5O4/c1-5-41(63)32-52(64)53-42-12-8-6-10-37(42)28-45(53)54-58-46-24-22-38(29-48(46)60-54)43-26-33-14-18-35(43)19-15-34-17-21-36(20-16-33)44(27-34)39-23-25-47-49(30-39)61-55(59-47)51-31-40-11-7-9-13-50(40)62(51)56(65)66-57(2,3)4/h14,17-18,21-27,29-30,37,40,42,45,50-51,53H,5-13,15-16,19-20,28,31-32H2,1-4H3,(H,58,60)(H,59,61)/t37-,40-,42-,45+,50-,51-,53?/m0/s1. The molecule has 1 saturated heterocycles. The zero-order valence-electron chi connectivity index (χ0n) is 39.3. The van der Waals surface area contributed by atoms with Crippen LogP contribution in [0.5, 0.6) is 0 Å².